The molecule has 5 heteroatoms. The van der Waals surface area contributed by atoms with Crippen molar-refractivity contribution in [2.24, 2.45) is 5.41 Å². The molecule has 1 N–H and O–H groups in total. The summed E-state index contributed by atoms with van der Waals surface area (Å²) in [6.07, 6.45) is 1.85. The van der Waals surface area contributed by atoms with Crippen molar-refractivity contribution in [3.63, 3.8) is 0 Å². The van der Waals surface area contributed by atoms with Gasteiger partial charge in [-0.2, -0.15) is 0 Å². The molecule has 2 aliphatic heterocycles. The Kier molecular flexibility index (Phi) is 4.01. The van der Waals surface area contributed by atoms with E-state index in [4.69, 9.17) is 9.47 Å². The van der Waals surface area contributed by atoms with E-state index in [2.05, 4.69) is 11.8 Å². The second-order valence-corrected chi connectivity index (χ2v) is 5.02. The van der Waals surface area contributed by atoms with E-state index in [1.165, 1.54) is 0 Å². The minimum absolute atomic E-state index is 0.247. The van der Waals surface area contributed by atoms with Crippen LogP contribution in [0.3, 0.4) is 0 Å². The first-order chi connectivity index (χ1) is 8.16. The molecule has 0 aromatic heterocycles. The van der Waals surface area contributed by atoms with Crippen LogP contribution in [0.5, 0.6) is 0 Å². The number of carbonyl (C=O) groups is 1. The minimum Gasteiger partial charge on any atom is -0.481 e. The van der Waals surface area contributed by atoms with Crippen LogP contribution in [0.4, 0.5) is 0 Å². The van der Waals surface area contributed by atoms with E-state index in [1.807, 2.05) is 0 Å². The SMILES string of the molecule is CCC1CN(CC2(C(=O)O)CCOC2)CCO1. The van der Waals surface area contributed by atoms with Crippen LogP contribution in [0.15, 0.2) is 0 Å². The number of carboxylic acid groups (broad SMARTS) is 1. The summed E-state index contributed by atoms with van der Waals surface area (Å²) in [5.74, 6) is -0.727. The molecule has 0 saturated carbocycles. The summed E-state index contributed by atoms with van der Waals surface area (Å²) in [6.45, 7) is 5.96. The molecule has 2 aliphatic rings. The topological polar surface area (TPSA) is 59.0 Å². The van der Waals surface area contributed by atoms with Crippen molar-refractivity contribution >= 4 is 5.97 Å². The average molecular weight is 243 g/mol. The highest BCUT2D eigenvalue weighted by Gasteiger charge is 2.44. The third kappa shape index (κ3) is 2.78. The van der Waals surface area contributed by atoms with Gasteiger partial charge in [0.25, 0.3) is 0 Å². The molecule has 2 rings (SSSR count). The fourth-order valence-corrected chi connectivity index (χ4v) is 2.57. The number of ether oxygens (including phenoxy) is 2. The Morgan fingerprint density at radius 2 is 2.35 bits per heavy atom. The summed E-state index contributed by atoms with van der Waals surface area (Å²) >= 11 is 0. The second kappa shape index (κ2) is 5.33. The summed E-state index contributed by atoms with van der Waals surface area (Å²) in [4.78, 5) is 13.6. The normalized spacial score (nSPS) is 35.0. The molecule has 2 unspecified atom stereocenters. The van der Waals surface area contributed by atoms with Crippen LogP contribution in [0.2, 0.25) is 0 Å². The number of nitrogens with zero attached hydrogens (tertiary/aromatic N) is 1. The lowest BCUT2D eigenvalue weighted by Crippen LogP contribution is -2.50. The Labute approximate surface area is 102 Å². The molecule has 17 heavy (non-hydrogen) atoms. The number of morpholine rings is 1. The van der Waals surface area contributed by atoms with Gasteiger partial charge in [0, 0.05) is 26.2 Å². The lowest BCUT2D eigenvalue weighted by atomic mass is 9.86. The first-order valence-corrected chi connectivity index (χ1v) is 6.31. The van der Waals surface area contributed by atoms with Crippen LogP contribution in [-0.2, 0) is 14.3 Å². The van der Waals surface area contributed by atoms with Crippen LogP contribution in [0.25, 0.3) is 0 Å². The smallest absolute Gasteiger partial charge is 0.313 e. The van der Waals surface area contributed by atoms with Gasteiger partial charge in [-0.1, -0.05) is 6.92 Å². The molecule has 2 saturated heterocycles. The molecule has 2 fully saturated rings. The first kappa shape index (κ1) is 12.8. The van der Waals surface area contributed by atoms with Crippen LogP contribution in [-0.4, -0.2) is 61.5 Å². The molecule has 0 spiro atoms. The minimum atomic E-state index is -0.727. The molecular formula is C12H21NO4. The van der Waals surface area contributed by atoms with Gasteiger partial charge in [0.05, 0.1) is 19.3 Å². The summed E-state index contributed by atoms with van der Waals surface area (Å²) in [7, 11) is 0. The zero-order valence-corrected chi connectivity index (χ0v) is 10.4. The van der Waals surface area contributed by atoms with E-state index < -0.39 is 11.4 Å². The van der Waals surface area contributed by atoms with Crippen LogP contribution >= 0.6 is 0 Å². The summed E-state index contributed by atoms with van der Waals surface area (Å²) in [6, 6.07) is 0. The zero-order chi connectivity index (χ0) is 12.3. The summed E-state index contributed by atoms with van der Waals surface area (Å²) < 4.78 is 10.9. The van der Waals surface area contributed by atoms with Crippen molar-refractivity contribution in [2.45, 2.75) is 25.9 Å². The van der Waals surface area contributed by atoms with Gasteiger partial charge in [-0.15, -0.1) is 0 Å². The Bertz CT molecular complexity index is 276. The molecule has 2 atom stereocenters. The van der Waals surface area contributed by atoms with Gasteiger partial charge in [0.1, 0.15) is 5.41 Å². The fourth-order valence-electron chi connectivity index (χ4n) is 2.57. The van der Waals surface area contributed by atoms with Crippen molar-refractivity contribution in [3.8, 4) is 0 Å². The first-order valence-electron chi connectivity index (χ1n) is 6.31. The molecule has 0 bridgehead atoms. The maximum absolute atomic E-state index is 11.4. The lowest BCUT2D eigenvalue weighted by Gasteiger charge is -2.36. The van der Waals surface area contributed by atoms with E-state index in [0.29, 0.717) is 32.8 Å². The Morgan fingerprint density at radius 1 is 1.53 bits per heavy atom. The second-order valence-electron chi connectivity index (χ2n) is 5.02. The number of hydrogen-bond acceptors (Lipinski definition) is 4. The number of carboxylic acids is 1. The number of rotatable bonds is 4. The van der Waals surface area contributed by atoms with E-state index in [1.54, 1.807) is 0 Å². The van der Waals surface area contributed by atoms with Gasteiger partial charge in [-0.05, 0) is 12.8 Å². The Morgan fingerprint density at radius 3 is 2.94 bits per heavy atom. The Balaban J connectivity index is 1.96. The molecule has 0 radical (unpaired) electrons. The third-order valence-electron chi connectivity index (χ3n) is 3.76. The third-order valence-corrected chi connectivity index (χ3v) is 3.76. The van der Waals surface area contributed by atoms with Gasteiger partial charge in [-0.3, -0.25) is 9.69 Å². The maximum atomic E-state index is 11.4. The standard InChI is InChI=1S/C12H21NO4/c1-2-10-7-13(4-6-17-10)8-12(11(14)15)3-5-16-9-12/h10H,2-9H2,1H3,(H,14,15). The molecule has 0 aliphatic carbocycles. The van der Waals surface area contributed by atoms with E-state index >= 15 is 0 Å². The van der Waals surface area contributed by atoms with Gasteiger partial charge in [0.15, 0.2) is 0 Å². The fraction of sp³-hybridized carbons (Fsp3) is 0.917. The molecule has 0 amide bonds. The van der Waals surface area contributed by atoms with Crippen molar-refractivity contribution in [3.05, 3.63) is 0 Å². The largest absolute Gasteiger partial charge is 0.481 e. The molecule has 0 aromatic rings. The van der Waals surface area contributed by atoms with Crippen molar-refractivity contribution in [1.82, 2.24) is 4.90 Å². The Hall–Kier alpha value is -0.650. The average Bonchev–Trinajstić information content (AvgIpc) is 2.79. The molecule has 5 nitrogen and oxygen atoms in total. The van der Waals surface area contributed by atoms with E-state index in [-0.39, 0.29) is 6.10 Å². The molecule has 2 heterocycles. The quantitative estimate of drug-likeness (QED) is 0.783. The van der Waals surface area contributed by atoms with E-state index in [9.17, 15) is 9.90 Å². The summed E-state index contributed by atoms with van der Waals surface area (Å²) in [5.41, 5.74) is -0.699. The highest BCUT2D eigenvalue weighted by Crippen LogP contribution is 2.30. The van der Waals surface area contributed by atoms with E-state index in [0.717, 1.165) is 19.5 Å². The molecule has 98 valence electrons. The number of hydrogen-bond donors (Lipinski definition) is 1. The predicted octanol–water partition coefficient (Wildman–Crippen LogP) is 0.589. The van der Waals surface area contributed by atoms with Crippen LogP contribution < -0.4 is 0 Å². The number of aliphatic carboxylic acids is 1. The van der Waals surface area contributed by atoms with Gasteiger partial charge >= 0.3 is 5.97 Å². The van der Waals surface area contributed by atoms with Crippen LogP contribution in [0, 0.1) is 5.41 Å². The summed E-state index contributed by atoms with van der Waals surface area (Å²) in [5, 5.41) is 9.38. The highest BCUT2D eigenvalue weighted by atomic mass is 16.5. The monoisotopic (exact) mass is 243 g/mol. The van der Waals surface area contributed by atoms with Crippen molar-refractivity contribution in [2.75, 3.05) is 39.5 Å². The highest BCUT2D eigenvalue weighted by molar-refractivity contribution is 5.75. The van der Waals surface area contributed by atoms with Crippen molar-refractivity contribution < 1.29 is 19.4 Å². The zero-order valence-electron chi connectivity index (χ0n) is 10.4. The van der Waals surface area contributed by atoms with Crippen LogP contribution in [0.1, 0.15) is 19.8 Å². The van der Waals surface area contributed by atoms with Gasteiger partial charge in [0.2, 0.25) is 0 Å². The molecule has 0 aromatic carbocycles. The van der Waals surface area contributed by atoms with Crippen molar-refractivity contribution in [1.29, 1.82) is 0 Å². The molecular weight excluding hydrogens is 222 g/mol. The lowest BCUT2D eigenvalue weighted by molar-refractivity contribution is -0.151. The van der Waals surface area contributed by atoms with Gasteiger partial charge in [-0.25, -0.2) is 0 Å². The maximum Gasteiger partial charge on any atom is 0.313 e. The van der Waals surface area contributed by atoms with Gasteiger partial charge < -0.3 is 14.6 Å². The predicted molar refractivity (Wildman–Crippen MR) is 62.0 cm³/mol.